The Morgan fingerprint density at radius 3 is 2.63 bits per heavy atom. The highest BCUT2D eigenvalue weighted by atomic mass is 35.5. The van der Waals surface area contributed by atoms with E-state index in [0.29, 0.717) is 11.3 Å². The monoisotopic (exact) mass is 613 g/mol. The van der Waals surface area contributed by atoms with Gasteiger partial charge in [-0.3, -0.25) is 13.9 Å². The number of para-hydroxylation sites is 1. The summed E-state index contributed by atoms with van der Waals surface area (Å²) < 4.78 is 54.0. The molecule has 7 atom stereocenters. The summed E-state index contributed by atoms with van der Waals surface area (Å²) in [4.78, 5) is 24.9. The van der Waals surface area contributed by atoms with Crippen molar-refractivity contribution in [2.75, 3.05) is 24.0 Å². The topological polar surface area (TPSA) is 185 Å². The minimum atomic E-state index is -4.48. The molecular weight excluding hydrogens is 584 g/mol. The fourth-order valence-electron chi connectivity index (χ4n) is 4.83. The molecule has 1 aliphatic heterocycles. The number of nitrogen functional groups attached to an aromatic ring is 1. The predicted molar refractivity (Wildman–Crippen MR) is 146 cm³/mol. The van der Waals surface area contributed by atoms with E-state index in [-0.39, 0.29) is 17.3 Å². The molecule has 1 aromatic carbocycles. The number of benzene rings is 1. The maximum Gasteiger partial charge on any atom is 0.459 e. The van der Waals surface area contributed by atoms with Gasteiger partial charge in [0.1, 0.15) is 23.5 Å². The molecule has 0 amide bonds. The van der Waals surface area contributed by atoms with Gasteiger partial charge in [0.2, 0.25) is 5.95 Å². The average molecular weight is 614 g/mol. The van der Waals surface area contributed by atoms with Gasteiger partial charge in [0, 0.05) is 7.05 Å². The van der Waals surface area contributed by atoms with Gasteiger partial charge >= 0.3 is 13.7 Å². The smallest absolute Gasteiger partial charge is 0.459 e. The summed E-state index contributed by atoms with van der Waals surface area (Å²) in [6.45, 7) is 4.71. The number of nitrogens with one attached hydrogen (secondary N) is 2. The van der Waals surface area contributed by atoms with E-state index in [9.17, 15) is 14.5 Å². The fraction of sp³-hybridized carbons (Fsp3) is 0.500. The Labute approximate surface area is 239 Å². The molecule has 1 aliphatic carbocycles. The third-order valence-corrected chi connectivity index (χ3v) is 8.88. The number of hydrogen-bond donors (Lipinski definition) is 4. The molecule has 3 heterocycles. The van der Waals surface area contributed by atoms with Gasteiger partial charge in [-0.1, -0.05) is 18.2 Å². The van der Waals surface area contributed by atoms with Gasteiger partial charge in [0.25, 0.3) is 0 Å². The van der Waals surface area contributed by atoms with Crippen molar-refractivity contribution in [1.29, 1.82) is 0 Å². The van der Waals surface area contributed by atoms with Crippen LogP contribution >= 0.6 is 19.3 Å². The van der Waals surface area contributed by atoms with Crippen molar-refractivity contribution in [3.05, 3.63) is 36.7 Å². The number of anilines is 2. The minimum Gasteiger partial charge on any atom is -0.462 e. The summed E-state index contributed by atoms with van der Waals surface area (Å²) in [7, 11) is -2.87. The molecule has 3 aromatic rings. The first-order valence-corrected chi connectivity index (χ1v) is 14.8. The number of fused-ring (bicyclic) bond motifs is 2. The second-order valence-electron chi connectivity index (χ2n) is 9.99. The predicted octanol–water partition coefficient (Wildman–Crippen LogP) is 2.54. The molecule has 41 heavy (non-hydrogen) atoms. The number of imidazole rings is 1. The number of aliphatic hydroxyl groups is 1. The Hall–Kier alpha value is -3.07. The lowest BCUT2D eigenvalue weighted by Gasteiger charge is -2.27. The molecule has 1 saturated carbocycles. The summed E-state index contributed by atoms with van der Waals surface area (Å²) in [6.07, 6.45) is -4.30. The first-order chi connectivity index (χ1) is 19.4. The van der Waals surface area contributed by atoms with Crippen LogP contribution in [0.5, 0.6) is 5.75 Å². The van der Waals surface area contributed by atoms with Crippen LogP contribution in [0.3, 0.4) is 0 Å². The molecule has 0 bridgehead atoms. The van der Waals surface area contributed by atoms with Crippen LogP contribution in [0.15, 0.2) is 36.7 Å². The SMILES string of the molecule is CNc1nc(N)nc2c1ncn2[C@@H]1O[C@]2(CCl)C(O[P@](=O)(N[C@H](C)C(=O)OC(C)C)Oc3ccccc3)[C@]2(O)[C@H]1F. The Morgan fingerprint density at radius 2 is 2.02 bits per heavy atom. The number of ether oxygens (including phenoxy) is 2. The molecule has 222 valence electrons. The van der Waals surface area contributed by atoms with E-state index >= 15 is 4.39 Å². The maximum absolute atomic E-state index is 16.1. The molecule has 0 spiro atoms. The molecule has 5 rings (SSSR count). The zero-order valence-corrected chi connectivity index (χ0v) is 24.2. The van der Waals surface area contributed by atoms with Crippen molar-refractivity contribution >= 4 is 48.2 Å². The van der Waals surface area contributed by atoms with E-state index in [2.05, 4.69) is 25.4 Å². The van der Waals surface area contributed by atoms with Crippen LogP contribution < -0.4 is 20.7 Å². The molecule has 0 radical (unpaired) electrons. The van der Waals surface area contributed by atoms with Crippen LogP contribution in [0.1, 0.15) is 27.0 Å². The first-order valence-electron chi connectivity index (χ1n) is 12.7. The number of hydrogen-bond acceptors (Lipinski definition) is 12. The zero-order valence-electron chi connectivity index (χ0n) is 22.5. The van der Waals surface area contributed by atoms with Crippen LogP contribution in [-0.2, 0) is 23.4 Å². The molecule has 1 saturated heterocycles. The number of carbonyl (C=O) groups is 1. The van der Waals surface area contributed by atoms with Crippen LogP contribution in [-0.4, -0.2) is 79.1 Å². The van der Waals surface area contributed by atoms with E-state index in [1.165, 1.54) is 30.0 Å². The Kier molecular flexibility index (Phi) is 7.64. The van der Waals surface area contributed by atoms with Gasteiger partial charge in [0.15, 0.2) is 35.0 Å². The van der Waals surface area contributed by atoms with Gasteiger partial charge in [-0.15, -0.1) is 11.6 Å². The second kappa shape index (κ2) is 10.6. The lowest BCUT2D eigenvalue weighted by molar-refractivity contribution is -0.149. The van der Waals surface area contributed by atoms with Crippen molar-refractivity contribution < 1.29 is 37.4 Å². The van der Waals surface area contributed by atoms with E-state index in [1.54, 1.807) is 39.1 Å². The molecule has 2 aromatic heterocycles. The highest BCUT2D eigenvalue weighted by Crippen LogP contribution is 2.69. The Morgan fingerprint density at radius 1 is 1.32 bits per heavy atom. The van der Waals surface area contributed by atoms with Crippen molar-refractivity contribution in [2.24, 2.45) is 0 Å². The highest BCUT2D eigenvalue weighted by Gasteiger charge is 2.90. The second-order valence-corrected chi connectivity index (χ2v) is 11.9. The normalized spacial score (nSPS) is 29.1. The summed E-state index contributed by atoms with van der Waals surface area (Å²) in [6, 6.07) is 6.83. The summed E-state index contributed by atoms with van der Waals surface area (Å²) >= 11 is 6.22. The van der Waals surface area contributed by atoms with Crippen LogP contribution in [0.25, 0.3) is 11.2 Å². The van der Waals surface area contributed by atoms with Crippen molar-refractivity contribution in [3.63, 3.8) is 0 Å². The Balaban J connectivity index is 1.44. The molecule has 14 nitrogen and oxygen atoms in total. The molecule has 1 unspecified atom stereocenters. The zero-order chi connectivity index (χ0) is 29.7. The quantitative estimate of drug-likeness (QED) is 0.141. The third-order valence-electron chi connectivity index (χ3n) is 6.84. The fourth-order valence-corrected chi connectivity index (χ4v) is 6.99. The number of rotatable bonds is 11. The van der Waals surface area contributed by atoms with E-state index in [0.717, 1.165) is 0 Å². The third kappa shape index (κ3) is 4.90. The van der Waals surface area contributed by atoms with Crippen molar-refractivity contribution in [3.8, 4) is 5.75 Å². The molecule has 2 fully saturated rings. The average Bonchev–Trinajstić information content (AvgIpc) is 3.16. The summed E-state index contributed by atoms with van der Waals surface area (Å²) in [5.41, 5.74) is 2.07. The van der Waals surface area contributed by atoms with Gasteiger partial charge < -0.3 is 30.2 Å². The lowest BCUT2D eigenvalue weighted by atomic mass is 10.1. The van der Waals surface area contributed by atoms with Crippen LogP contribution in [0.2, 0.25) is 0 Å². The summed E-state index contributed by atoms with van der Waals surface area (Å²) in [5, 5.41) is 16.9. The Bertz CT molecular complexity index is 1500. The maximum atomic E-state index is 16.1. The molecule has 17 heteroatoms. The summed E-state index contributed by atoms with van der Waals surface area (Å²) in [5.74, 6) is -0.816. The van der Waals surface area contributed by atoms with Crippen LogP contribution in [0, 0.1) is 0 Å². The van der Waals surface area contributed by atoms with Crippen molar-refractivity contribution in [1.82, 2.24) is 24.6 Å². The van der Waals surface area contributed by atoms with E-state index < -0.39 is 61.4 Å². The molecular formula is C24H30ClFN7O7P. The van der Waals surface area contributed by atoms with E-state index in [4.69, 9.17) is 35.9 Å². The van der Waals surface area contributed by atoms with Gasteiger partial charge in [-0.05, 0) is 32.9 Å². The van der Waals surface area contributed by atoms with Gasteiger partial charge in [-0.25, -0.2) is 13.9 Å². The number of nitrogens with zero attached hydrogens (tertiary/aromatic N) is 4. The van der Waals surface area contributed by atoms with Gasteiger partial charge in [0.05, 0.1) is 18.3 Å². The van der Waals surface area contributed by atoms with E-state index in [1.807, 2.05) is 0 Å². The first kappa shape index (κ1) is 29.4. The lowest BCUT2D eigenvalue weighted by Crippen LogP contribution is -2.38. The van der Waals surface area contributed by atoms with Gasteiger partial charge in [-0.2, -0.15) is 15.1 Å². The largest absolute Gasteiger partial charge is 0.462 e. The number of aromatic nitrogens is 4. The minimum absolute atomic E-state index is 0.0932. The highest BCUT2D eigenvalue weighted by molar-refractivity contribution is 7.52. The number of esters is 1. The number of alkyl halides is 2. The number of carbonyl (C=O) groups excluding carboxylic acids is 1. The number of halogens is 2. The standard InChI is InChI=1S/C24H30ClFN7O7P/c1-12(2)37-20(34)13(3)32-41(36,39-14-8-6-5-7-9-14)40-21-23(10-25)24(21,35)16(26)19(38-23)33-11-29-15-17(28-4)30-22(27)31-18(15)33/h5-9,11-13,16,19,21,35H,10H2,1-4H3,(H,32,36)(H3,27,28,30,31)/t13-,16+,19-,21?,23-,24-,41+/m1/s1. The molecule has 5 N–H and O–H groups in total. The number of nitrogens with two attached hydrogens (primary N) is 1. The molecule has 2 aliphatic rings. The van der Waals surface area contributed by atoms with Crippen molar-refractivity contribution in [2.45, 2.75) is 62.6 Å². The van der Waals surface area contributed by atoms with Crippen LogP contribution in [0.4, 0.5) is 16.2 Å².